The zero-order valence-electron chi connectivity index (χ0n) is 9.91. The van der Waals surface area contributed by atoms with Crippen LogP contribution in [-0.2, 0) is 6.54 Å². The SMILES string of the molecule is CC1CN(Cc2ccco2)CC2(CC2)CN1. The van der Waals surface area contributed by atoms with Crippen molar-refractivity contribution >= 4 is 0 Å². The number of hydrogen-bond donors (Lipinski definition) is 1. The number of hydrogen-bond acceptors (Lipinski definition) is 3. The third-order valence-corrected chi connectivity index (χ3v) is 3.83. The molecule has 3 nitrogen and oxygen atoms in total. The normalized spacial score (nSPS) is 29.2. The second-order valence-electron chi connectivity index (χ2n) is 5.53. The molecule has 2 aliphatic rings. The third kappa shape index (κ3) is 2.15. The van der Waals surface area contributed by atoms with Gasteiger partial charge in [0.1, 0.15) is 5.76 Å². The van der Waals surface area contributed by atoms with Gasteiger partial charge in [0, 0.05) is 25.7 Å². The van der Waals surface area contributed by atoms with Gasteiger partial charge in [0.05, 0.1) is 12.8 Å². The van der Waals surface area contributed by atoms with Gasteiger partial charge in [-0.1, -0.05) is 0 Å². The molecule has 0 amide bonds. The number of furan rings is 1. The number of nitrogens with zero attached hydrogens (tertiary/aromatic N) is 1. The van der Waals surface area contributed by atoms with Gasteiger partial charge in [0.2, 0.25) is 0 Å². The summed E-state index contributed by atoms with van der Waals surface area (Å²) in [6, 6.07) is 4.64. The van der Waals surface area contributed by atoms with Crippen LogP contribution < -0.4 is 5.32 Å². The summed E-state index contributed by atoms with van der Waals surface area (Å²) in [6.07, 6.45) is 4.55. The lowest BCUT2D eigenvalue weighted by Crippen LogP contribution is -2.34. The minimum atomic E-state index is 0.581. The third-order valence-electron chi connectivity index (χ3n) is 3.83. The number of rotatable bonds is 2. The quantitative estimate of drug-likeness (QED) is 0.824. The second-order valence-corrected chi connectivity index (χ2v) is 5.53. The Morgan fingerprint density at radius 2 is 2.44 bits per heavy atom. The molecule has 1 spiro atoms. The molecule has 1 unspecified atom stereocenters. The van der Waals surface area contributed by atoms with Gasteiger partial charge in [0.15, 0.2) is 0 Å². The van der Waals surface area contributed by atoms with Gasteiger partial charge >= 0.3 is 0 Å². The van der Waals surface area contributed by atoms with Gasteiger partial charge in [0.25, 0.3) is 0 Å². The first-order valence-electron chi connectivity index (χ1n) is 6.24. The standard InChI is InChI=1S/C13H20N2O/c1-11-7-15(8-12-3-2-6-16-12)10-13(4-5-13)9-14-11/h2-3,6,11,14H,4-5,7-10H2,1H3. The van der Waals surface area contributed by atoms with Crippen molar-refractivity contribution in [1.29, 1.82) is 0 Å². The van der Waals surface area contributed by atoms with Crippen LogP contribution >= 0.6 is 0 Å². The van der Waals surface area contributed by atoms with E-state index in [1.54, 1.807) is 6.26 Å². The fraction of sp³-hybridized carbons (Fsp3) is 0.692. The van der Waals surface area contributed by atoms with E-state index in [9.17, 15) is 0 Å². The van der Waals surface area contributed by atoms with Crippen molar-refractivity contribution in [2.75, 3.05) is 19.6 Å². The van der Waals surface area contributed by atoms with Gasteiger partial charge < -0.3 is 9.73 Å². The summed E-state index contributed by atoms with van der Waals surface area (Å²) in [7, 11) is 0. The number of nitrogens with one attached hydrogen (secondary N) is 1. The second kappa shape index (κ2) is 3.90. The fourth-order valence-electron chi connectivity index (χ4n) is 2.69. The fourth-order valence-corrected chi connectivity index (χ4v) is 2.69. The Hall–Kier alpha value is -0.800. The molecule has 1 aromatic rings. The Morgan fingerprint density at radius 3 is 3.12 bits per heavy atom. The van der Waals surface area contributed by atoms with Crippen LogP contribution in [0.1, 0.15) is 25.5 Å². The van der Waals surface area contributed by atoms with E-state index in [0.717, 1.165) is 18.8 Å². The zero-order valence-corrected chi connectivity index (χ0v) is 9.91. The van der Waals surface area contributed by atoms with E-state index in [1.165, 1.54) is 25.9 Å². The van der Waals surface area contributed by atoms with Crippen molar-refractivity contribution < 1.29 is 4.42 Å². The molecule has 2 fully saturated rings. The Bertz CT molecular complexity index is 343. The van der Waals surface area contributed by atoms with E-state index in [1.807, 2.05) is 6.07 Å². The van der Waals surface area contributed by atoms with Gasteiger partial charge in [-0.05, 0) is 37.3 Å². The van der Waals surface area contributed by atoms with Gasteiger partial charge in [-0.2, -0.15) is 0 Å². The van der Waals surface area contributed by atoms with Crippen molar-refractivity contribution in [3.63, 3.8) is 0 Å². The van der Waals surface area contributed by atoms with E-state index >= 15 is 0 Å². The van der Waals surface area contributed by atoms with E-state index in [0.29, 0.717) is 11.5 Å². The average molecular weight is 220 g/mol. The first-order valence-corrected chi connectivity index (χ1v) is 6.24. The van der Waals surface area contributed by atoms with Crippen LogP contribution in [0.4, 0.5) is 0 Å². The summed E-state index contributed by atoms with van der Waals surface area (Å²) in [6.45, 7) is 6.79. The van der Waals surface area contributed by atoms with Crippen molar-refractivity contribution in [1.82, 2.24) is 10.2 Å². The summed E-state index contributed by atoms with van der Waals surface area (Å²) < 4.78 is 5.44. The van der Waals surface area contributed by atoms with Gasteiger partial charge in [-0.25, -0.2) is 0 Å². The lowest BCUT2D eigenvalue weighted by molar-refractivity contribution is 0.213. The maximum atomic E-state index is 5.44. The van der Waals surface area contributed by atoms with E-state index in [-0.39, 0.29) is 0 Å². The van der Waals surface area contributed by atoms with Crippen molar-refractivity contribution in [2.45, 2.75) is 32.4 Å². The molecule has 16 heavy (non-hydrogen) atoms. The Kier molecular flexibility index (Phi) is 2.52. The highest BCUT2D eigenvalue weighted by Crippen LogP contribution is 2.46. The Balaban J connectivity index is 1.68. The molecule has 3 heteroatoms. The van der Waals surface area contributed by atoms with Crippen LogP contribution in [0.2, 0.25) is 0 Å². The summed E-state index contributed by atoms with van der Waals surface area (Å²) in [4.78, 5) is 2.54. The molecule has 1 aliphatic carbocycles. The summed E-state index contributed by atoms with van der Waals surface area (Å²) in [5, 5.41) is 3.63. The van der Waals surface area contributed by atoms with Gasteiger partial charge in [-0.3, -0.25) is 4.90 Å². The van der Waals surface area contributed by atoms with E-state index < -0.39 is 0 Å². The molecule has 0 aromatic carbocycles. The predicted octanol–water partition coefficient (Wildman–Crippen LogP) is 1.85. The van der Waals surface area contributed by atoms with Crippen LogP contribution in [0.25, 0.3) is 0 Å². The molecule has 1 atom stereocenters. The molecule has 0 bridgehead atoms. The molecular weight excluding hydrogens is 200 g/mol. The van der Waals surface area contributed by atoms with Crippen LogP contribution in [-0.4, -0.2) is 30.6 Å². The summed E-state index contributed by atoms with van der Waals surface area (Å²) in [5.41, 5.74) is 0.581. The van der Waals surface area contributed by atoms with Crippen molar-refractivity contribution in [2.24, 2.45) is 5.41 Å². The zero-order chi connectivity index (χ0) is 11.0. The predicted molar refractivity (Wildman–Crippen MR) is 63.1 cm³/mol. The first-order chi connectivity index (χ1) is 7.76. The van der Waals surface area contributed by atoms with Crippen LogP contribution in [0.15, 0.2) is 22.8 Å². The lowest BCUT2D eigenvalue weighted by atomic mass is 10.1. The average Bonchev–Trinajstić information content (AvgIpc) is 2.86. The van der Waals surface area contributed by atoms with Crippen molar-refractivity contribution in [3.8, 4) is 0 Å². The molecular formula is C13H20N2O. The first kappa shape index (κ1) is 10.4. The van der Waals surface area contributed by atoms with Gasteiger partial charge in [-0.15, -0.1) is 0 Å². The highest BCUT2D eigenvalue weighted by molar-refractivity contribution is 5.03. The minimum Gasteiger partial charge on any atom is -0.468 e. The molecule has 2 heterocycles. The maximum Gasteiger partial charge on any atom is 0.117 e. The smallest absolute Gasteiger partial charge is 0.117 e. The Labute approximate surface area is 96.8 Å². The topological polar surface area (TPSA) is 28.4 Å². The molecule has 1 saturated carbocycles. The molecule has 1 aromatic heterocycles. The van der Waals surface area contributed by atoms with Crippen LogP contribution in [0, 0.1) is 5.41 Å². The molecule has 0 radical (unpaired) electrons. The molecule has 3 rings (SSSR count). The Morgan fingerprint density at radius 1 is 1.56 bits per heavy atom. The van der Waals surface area contributed by atoms with Crippen molar-refractivity contribution in [3.05, 3.63) is 24.2 Å². The highest BCUT2D eigenvalue weighted by Gasteiger charge is 2.45. The monoisotopic (exact) mass is 220 g/mol. The summed E-state index contributed by atoms with van der Waals surface area (Å²) in [5.74, 6) is 1.09. The largest absolute Gasteiger partial charge is 0.468 e. The van der Waals surface area contributed by atoms with E-state index in [2.05, 4.69) is 23.2 Å². The molecule has 1 saturated heterocycles. The minimum absolute atomic E-state index is 0.581. The summed E-state index contributed by atoms with van der Waals surface area (Å²) >= 11 is 0. The van der Waals surface area contributed by atoms with E-state index in [4.69, 9.17) is 4.42 Å². The molecule has 1 N–H and O–H groups in total. The van der Waals surface area contributed by atoms with Crippen LogP contribution in [0.3, 0.4) is 0 Å². The maximum absolute atomic E-state index is 5.44. The molecule has 1 aliphatic heterocycles. The lowest BCUT2D eigenvalue weighted by Gasteiger charge is -2.23. The van der Waals surface area contributed by atoms with Crippen LogP contribution in [0.5, 0.6) is 0 Å². The molecule has 88 valence electrons. The highest BCUT2D eigenvalue weighted by atomic mass is 16.3.